The fourth-order valence-electron chi connectivity index (χ4n) is 2.66. The Morgan fingerprint density at radius 2 is 2.20 bits per heavy atom. The number of carbonyl (C=O) groups excluding carboxylic acids is 1. The van der Waals surface area contributed by atoms with Gasteiger partial charge in [-0.05, 0) is 37.8 Å². The summed E-state index contributed by atoms with van der Waals surface area (Å²) in [6.45, 7) is 1.78. The molecular weight excluding hydrogens is 358 g/mol. The van der Waals surface area contributed by atoms with Crippen molar-refractivity contribution in [1.82, 2.24) is 20.1 Å². The highest BCUT2D eigenvalue weighted by Gasteiger charge is 2.42. The number of aromatic nitrogens is 3. The third-order valence-electron chi connectivity index (χ3n) is 4.31. The topological polar surface area (TPSA) is 83.6 Å². The van der Waals surface area contributed by atoms with Crippen molar-refractivity contribution in [2.45, 2.75) is 30.5 Å². The fraction of sp³-hybridized carbons (Fsp3) is 0.412. The predicted molar refractivity (Wildman–Crippen MR) is 97.1 cm³/mol. The third kappa shape index (κ3) is 3.80. The van der Waals surface area contributed by atoms with Crippen LogP contribution in [0.15, 0.2) is 29.4 Å². The van der Waals surface area contributed by atoms with Crippen LogP contribution in [0.3, 0.4) is 0 Å². The summed E-state index contributed by atoms with van der Waals surface area (Å²) in [6, 6.07) is 9.64. The van der Waals surface area contributed by atoms with Gasteiger partial charge >= 0.3 is 0 Å². The van der Waals surface area contributed by atoms with Crippen molar-refractivity contribution in [2.75, 3.05) is 5.75 Å². The monoisotopic (exact) mass is 375 g/mol. The molecule has 3 rings (SSSR count). The summed E-state index contributed by atoms with van der Waals surface area (Å²) in [5, 5.41) is 21.7. The predicted octanol–water partition coefficient (Wildman–Crippen LogP) is 3.04. The van der Waals surface area contributed by atoms with Gasteiger partial charge in [0.05, 0.1) is 16.8 Å². The lowest BCUT2D eigenvalue weighted by molar-refractivity contribution is -0.119. The van der Waals surface area contributed by atoms with Gasteiger partial charge in [-0.3, -0.25) is 4.79 Å². The van der Waals surface area contributed by atoms with Crippen molar-refractivity contribution in [3.05, 3.63) is 29.3 Å². The number of hydrogen-bond donors (Lipinski definition) is 1. The maximum Gasteiger partial charge on any atom is 0.231 e. The average Bonchev–Trinajstić information content (AvgIpc) is 3.39. The molecule has 1 aromatic carbocycles. The standard InChI is InChI=1S/C17H18ClN5OS/c1-17(10-19,11-7-8-11)20-14(24)9-25-16-22-21-15(23(16)2)12-5-3-4-6-13(12)18/h3-6,11H,7-9H2,1-2H3,(H,20,24)/t17-/m0/s1. The van der Waals surface area contributed by atoms with E-state index in [1.54, 1.807) is 13.0 Å². The van der Waals surface area contributed by atoms with Gasteiger partial charge in [0.15, 0.2) is 11.0 Å². The first-order valence-electron chi connectivity index (χ1n) is 7.94. The molecule has 0 spiro atoms. The second kappa shape index (κ2) is 7.06. The van der Waals surface area contributed by atoms with Crippen LogP contribution in [-0.2, 0) is 11.8 Å². The molecule has 1 fully saturated rings. The van der Waals surface area contributed by atoms with Gasteiger partial charge < -0.3 is 9.88 Å². The molecular formula is C17H18ClN5OS. The Balaban J connectivity index is 1.66. The highest BCUT2D eigenvalue weighted by atomic mass is 35.5. The molecule has 0 saturated heterocycles. The van der Waals surface area contributed by atoms with Crippen LogP contribution in [-0.4, -0.2) is 32.0 Å². The van der Waals surface area contributed by atoms with Crippen molar-refractivity contribution in [2.24, 2.45) is 13.0 Å². The number of benzene rings is 1. The molecule has 2 aromatic rings. The van der Waals surface area contributed by atoms with Crippen LogP contribution in [0, 0.1) is 17.2 Å². The van der Waals surface area contributed by atoms with Crippen molar-refractivity contribution in [1.29, 1.82) is 5.26 Å². The van der Waals surface area contributed by atoms with Crippen LogP contribution in [0.2, 0.25) is 5.02 Å². The van der Waals surface area contributed by atoms with Crippen LogP contribution >= 0.6 is 23.4 Å². The van der Waals surface area contributed by atoms with Gasteiger partial charge in [0, 0.05) is 12.6 Å². The molecule has 1 heterocycles. The van der Waals surface area contributed by atoms with E-state index in [0.29, 0.717) is 16.0 Å². The van der Waals surface area contributed by atoms with Crippen LogP contribution in [0.25, 0.3) is 11.4 Å². The van der Waals surface area contributed by atoms with E-state index in [0.717, 1.165) is 18.4 Å². The number of rotatable bonds is 6. The Morgan fingerprint density at radius 3 is 2.84 bits per heavy atom. The Morgan fingerprint density at radius 1 is 1.48 bits per heavy atom. The zero-order valence-electron chi connectivity index (χ0n) is 14.0. The molecule has 130 valence electrons. The van der Waals surface area contributed by atoms with Crippen molar-refractivity contribution < 1.29 is 4.79 Å². The largest absolute Gasteiger partial charge is 0.337 e. The minimum Gasteiger partial charge on any atom is -0.337 e. The normalized spacial score (nSPS) is 16.1. The fourth-order valence-corrected chi connectivity index (χ4v) is 3.59. The minimum atomic E-state index is -0.778. The molecule has 1 aromatic heterocycles. The lowest BCUT2D eigenvalue weighted by Gasteiger charge is -2.22. The summed E-state index contributed by atoms with van der Waals surface area (Å²) in [6.07, 6.45) is 1.98. The van der Waals surface area contributed by atoms with Gasteiger partial charge in [0.1, 0.15) is 5.54 Å². The molecule has 6 nitrogen and oxygen atoms in total. The molecule has 1 aliphatic carbocycles. The average molecular weight is 376 g/mol. The molecule has 8 heteroatoms. The number of hydrogen-bond acceptors (Lipinski definition) is 5. The van der Waals surface area contributed by atoms with E-state index in [1.165, 1.54) is 11.8 Å². The molecule has 0 radical (unpaired) electrons. The SMILES string of the molecule is Cn1c(SCC(=O)N[C@@](C)(C#N)C2CC2)nnc1-c1ccccc1Cl. The van der Waals surface area contributed by atoms with E-state index in [-0.39, 0.29) is 17.6 Å². The van der Waals surface area contributed by atoms with Gasteiger partial charge in [-0.15, -0.1) is 10.2 Å². The summed E-state index contributed by atoms with van der Waals surface area (Å²) in [5.74, 6) is 0.906. The molecule has 1 aliphatic rings. The number of thioether (sulfide) groups is 1. The Kier molecular flexibility index (Phi) is 5.02. The van der Waals surface area contributed by atoms with E-state index in [1.807, 2.05) is 29.8 Å². The summed E-state index contributed by atoms with van der Waals surface area (Å²) in [4.78, 5) is 12.2. The Bertz CT molecular complexity index is 842. The number of amides is 1. The number of nitriles is 1. The van der Waals surface area contributed by atoms with Crippen molar-refractivity contribution >= 4 is 29.3 Å². The first-order chi connectivity index (χ1) is 11.9. The van der Waals surface area contributed by atoms with Gasteiger partial charge in [-0.2, -0.15) is 5.26 Å². The molecule has 1 amide bonds. The van der Waals surface area contributed by atoms with Gasteiger partial charge in [0.2, 0.25) is 5.91 Å². The van der Waals surface area contributed by atoms with Crippen LogP contribution in [0.1, 0.15) is 19.8 Å². The Labute approximate surface area is 155 Å². The molecule has 0 unspecified atom stereocenters. The second-order valence-corrected chi connectivity index (χ2v) is 7.62. The van der Waals surface area contributed by atoms with Crippen LogP contribution < -0.4 is 5.32 Å². The van der Waals surface area contributed by atoms with E-state index >= 15 is 0 Å². The van der Waals surface area contributed by atoms with E-state index < -0.39 is 5.54 Å². The second-order valence-electron chi connectivity index (χ2n) is 6.27. The lowest BCUT2D eigenvalue weighted by Crippen LogP contribution is -2.47. The van der Waals surface area contributed by atoms with Crippen LogP contribution in [0.4, 0.5) is 0 Å². The molecule has 1 saturated carbocycles. The maximum absolute atomic E-state index is 12.2. The smallest absolute Gasteiger partial charge is 0.231 e. The molecule has 0 bridgehead atoms. The first-order valence-corrected chi connectivity index (χ1v) is 9.30. The highest BCUT2D eigenvalue weighted by Crippen LogP contribution is 2.39. The zero-order chi connectivity index (χ0) is 18.0. The molecule has 1 atom stereocenters. The van der Waals surface area contributed by atoms with Gasteiger partial charge in [0.25, 0.3) is 0 Å². The lowest BCUT2D eigenvalue weighted by atomic mass is 9.98. The quantitative estimate of drug-likeness (QED) is 0.784. The van der Waals surface area contributed by atoms with E-state index in [4.69, 9.17) is 11.6 Å². The molecule has 1 N–H and O–H groups in total. The van der Waals surface area contributed by atoms with Crippen molar-refractivity contribution in [3.63, 3.8) is 0 Å². The third-order valence-corrected chi connectivity index (χ3v) is 5.66. The number of nitrogens with zero attached hydrogens (tertiary/aromatic N) is 4. The maximum atomic E-state index is 12.2. The number of nitrogens with one attached hydrogen (secondary N) is 1. The molecule has 0 aliphatic heterocycles. The zero-order valence-corrected chi connectivity index (χ0v) is 15.6. The summed E-state index contributed by atoms with van der Waals surface area (Å²) >= 11 is 7.49. The number of carbonyl (C=O) groups is 1. The highest BCUT2D eigenvalue weighted by molar-refractivity contribution is 7.99. The minimum absolute atomic E-state index is 0.178. The van der Waals surface area contributed by atoms with E-state index in [9.17, 15) is 10.1 Å². The number of halogens is 1. The van der Waals surface area contributed by atoms with Gasteiger partial charge in [-0.25, -0.2) is 0 Å². The van der Waals surface area contributed by atoms with Crippen molar-refractivity contribution in [3.8, 4) is 17.5 Å². The first kappa shape index (κ1) is 17.8. The summed E-state index contributed by atoms with van der Waals surface area (Å²) in [7, 11) is 1.84. The van der Waals surface area contributed by atoms with Crippen LogP contribution in [0.5, 0.6) is 0 Å². The molecule has 25 heavy (non-hydrogen) atoms. The Hall–Kier alpha value is -2.04. The summed E-state index contributed by atoms with van der Waals surface area (Å²) in [5.41, 5.74) is 0.0153. The summed E-state index contributed by atoms with van der Waals surface area (Å²) < 4.78 is 1.81. The van der Waals surface area contributed by atoms with E-state index in [2.05, 4.69) is 21.6 Å². The van der Waals surface area contributed by atoms with Gasteiger partial charge in [-0.1, -0.05) is 35.5 Å².